The minimum Gasteiger partial charge on any atom is -0.324 e. The number of urea groups is 1. The highest BCUT2D eigenvalue weighted by molar-refractivity contribution is 7.98. The number of imide groups is 1. The third-order valence-corrected chi connectivity index (χ3v) is 5.71. The van der Waals surface area contributed by atoms with Gasteiger partial charge in [0.1, 0.15) is 16.4 Å². The van der Waals surface area contributed by atoms with E-state index in [0.717, 1.165) is 16.3 Å². The number of amides is 3. The van der Waals surface area contributed by atoms with Crippen LogP contribution in [-0.2, 0) is 10.5 Å². The van der Waals surface area contributed by atoms with E-state index >= 15 is 0 Å². The van der Waals surface area contributed by atoms with Crippen LogP contribution in [-0.4, -0.2) is 39.7 Å². The zero-order valence-corrected chi connectivity index (χ0v) is 15.5. The zero-order chi connectivity index (χ0) is 18.0. The SMILES string of the molecule is CC1(C)NC(=O)N(CCSCc2csc(-c3ccc(F)cc3)n2)C1=O. The van der Waals surface area contributed by atoms with E-state index in [2.05, 4.69) is 10.3 Å². The van der Waals surface area contributed by atoms with Gasteiger partial charge in [0.15, 0.2) is 0 Å². The summed E-state index contributed by atoms with van der Waals surface area (Å²) in [4.78, 5) is 29.7. The number of thiazole rings is 1. The molecule has 1 aliphatic heterocycles. The summed E-state index contributed by atoms with van der Waals surface area (Å²) in [6.07, 6.45) is 0. The third-order valence-electron chi connectivity index (χ3n) is 3.80. The largest absolute Gasteiger partial charge is 0.325 e. The first-order valence-electron chi connectivity index (χ1n) is 7.79. The Morgan fingerprint density at radius 2 is 2.00 bits per heavy atom. The first kappa shape index (κ1) is 17.9. The number of aromatic nitrogens is 1. The lowest BCUT2D eigenvalue weighted by molar-refractivity contribution is -0.130. The molecule has 0 aliphatic carbocycles. The molecule has 1 saturated heterocycles. The first-order valence-corrected chi connectivity index (χ1v) is 9.82. The Labute approximate surface area is 153 Å². The van der Waals surface area contributed by atoms with Crippen LogP contribution >= 0.6 is 23.1 Å². The lowest BCUT2D eigenvalue weighted by Crippen LogP contribution is -2.40. The van der Waals surface area contributed by atoms with Gasteiger partial charge in [0.2, 0.25) is 0 Å². The predicted molar refractivity (Wildman–Crippen MR) is 98.0 cm³/mol. The molecular weight excluding hydrogens is 361 g/mol. The van der Waals surface area contributed by atoms with Gasteiger partial charge in [-0.15, -0.1) is 11.3 Å². The molecule has 2 heterocycles. The minimum absolute atomic E-state index is 0.189. The second-order valence-corrected chi connectivity index (χ2v) is 8.18. The zero-order valence-electron chi connectivity index (χ0n) is 13.9. The Hall–Kier alpha value is -1.93. The monoisotopic (exact) mass is 379 g/mol. The molecule has 0 unspecified atom stereocenters. The quantitative estimate of drug-likeness (QED) is 0.616. The van der Waals surface area contributed by atoms with Crippen molar-refractivity contribution in [3.63, 3.8) is 0 Å². The summed E-state index contributed by atoms with van der Waals surface area (Å²) in [5.74, 6) is 0.897. The second-order valence-electron chi connectivity index (χ2n) is 6.22. The highest BCUT2D eigenvalue weighted by atomic mass is 32.2. The van der Waals surface area contributed by atoms with E-state index in [1.165, 1.54) is 28.4 Å². The highest BCUT2D eigenvalue weighted by Crippen LogP contribution is 2.26. The number of carbonyl (C=O) groups excluding carboxylic acids is 2. The number of nitrogens with zero attached hydrogens (tertiary/aromatic N) is 2. The van der Waals surface area contributed by atoms with E-state index in [0.29, 0.717) is 18.1 Å². The number of carbonyl (C=O) groups is 2. The van der Waals surface area contributed by atoms with Crippen molar-refractivity contribution >= 4 is 35.0 Å². The van der Waals surface area contributed by atoms with E-state index in [1.54, 1.807) is 37.7 Å². The highest BCUT2D eigenvalue weighted by Gasteiger charge is 2.43. The van der Waals surface area contributed by atoms with Crippen LogP contribution in [0.5, 0.6) is 0 Å². The van der Waals surface area contributed by atoms with Crippen LogP contribution in [0.1, 0.15) is 19.5 Å². The molecule has 0 spiro atoms. The number of halogens is 1. The molecule has 8 heteroatoms. The average molecular weight is 379 g/mol. The van der Waals surface area contributed by atoms with Gasteiger partial charge < -0.3 is 5.32 Å². The first-order chi connectivity index (χ1) is 11.9. The lowest BCUT2D eigenvalue weighted by Gasteiger charge is -2.15. The summed E-state index contributed by atoms with van der Waals surface area (Å²) in [5.41, 5.74) is 1.01. The van der Waals surface area contributed by atoms with Crippen LogP contribution in [0, 0.1) is 5.82 Å². The molecule has 0 saturated carbocycles. The van der Waals surface area contributed by atoms with Gasteiger partial charge in [-0.25, -0.2) is 14.2 Å². The van der Waals surface area contributed by atoms with Gasteiger partial charge in [0, 0.05) is 29.0 Å². The van der Waals surface area contributed by atoms with Crippen molar-refractivity contribution in [2.75, 3.05) is 12.3 Å². The van der Waals surface area contributed by atoms with Crippen molar-refractivity contribution in [1.29, 1.82) is 0 Å². The summed E-state index contributed by atoms with van der Waals surface area (Å²) in [7, 11) is 0. The standard InChI is InChI=1S/C17H18FN3O2S2/c1-17(2)15(22)21(16(23)20-17)7-8-24-9-13-10-25-14(19-13)11-3-5-12(18)6-4-11/h3-6,10H,7-9H2,1-2H3,(H,20,23). The number of hydrogen-bond acceptors (Lipinski definition) is 5. The smallest absolute Gasteiger partial charge is 0.324 e. The van der Waals surface area contributed by atoms with Gasteiger partial charge in [-0.05, 0) is 38.1 Å². The van der Waals surface area contributed by atoms with E-state index in [9.17, 15) is 14.0 Å². The number of hydrogen-bond donors (Lipinski definition) is 1. The molecule has 2 aromatic rings. The van der Waals surface area contributed by atoms with Gasteiger partial charge >= 0.3 is 6.03 Å². The fourth-order valence-electron chi connectivity index (χ4n) is 2.45. The fraction of sp³-hybridized carbons (Fsp3) is 0.353. The molecule has 3 amide bonds. The van der Waals surface area contributed by atoms with Crippen molar-refractivity contribution in [3.05, 3.63) is 41.2 Å². The van der Waals surface area contributed by atoms with Crippen molar-refractivity contribution in [3.8, 4) is 10.6 Å². The fourth-order valence-corrected chi connectivity index (χ4v) is 4.20. The van der Waals surface area contributed by atoms with E-state index in [1.807, 2.05) is 5.38 Å². The van der Waals surface area contributed by atoms with Crippen molar-refractivity contribution in [2.45, 2.75) is 25.1 Å². The Morgan fingerprint density at radius 3 is 2.64 bits per heavy atom. The molecule has 5 nitrogen and oxygen atoms in total. The van der Waals surface area contributed by atoms with Crippen LogP contribution in [0.25, 0.3) is 10.6 Å². The normalized spacial score (nSPS) is 16.4. The maximum atomic E-state index is 13.0. The van der Waals surface area contributed by atoms with Crippen molar-refractivity contribution in [1.82, 2.24) is 15.2 Å². The van der Waals surface area contributed by atoms with Crippen LogP contribution < -0.4 is 5.32 Å². The van der Waals surface area contributed by atoms with Crippen molar-refractivity contribution < 1.29 is 14.0 Å². The Bertz CT molecular complexity index is 789. The van der Waals surface area contributed by atoms with Crippen LogP contribution in [0.3, 0.4) is 0 Å². The summed E-state index contributed by atoms with van der Waals surface area (Å²) in [5, 5.41) is 5.50. The Balaban J connectivity index is 1.49. The molecule has 1 N–H and O–H groups in total. The average Bonchev–Trinajstić information content (AvgIpc) is 3.10. The second kappa shape index (κ2) is 7.13. The van der Waals surface area contributed by atoms with Gasteiger partial charge in [-0.2, -0.15) is 11.8 Å². The van der Waals surface area contributed by atoms with Gasteiger partial charge in [0.25, 0.3) is 5.91 Å². The minimum atomic E-state index is -0.819. The molecule has 1 fully saturated rings. The molecule has 0 radical (unpaired) electrons. The number of nitrogens with one attached hydrogen (secondary N) is 1. The molecule has 1 aliphatic rings. The van der Waals surface area contributed by atoms with E-state index in [-0.39, 0.29) is 17.8 Å². The topological polar surface area (TPSA) is 62.3 Å². The number of thioether (sulfide) groups is 1. The Morgan fingerprint density at radius 1 is 1.28 bits per heavy atom. The summed E-state index contributed by atoms with van der Waals surface area (Å²) in [6.45, 7) is 3.78. The maximum Gasteiger partial charge on any atom is 0.325 e. The van der Waals surface area contributed by atoms with Crippen LogP contribution in [0.4, 0.5) is 9.18 Å². The van der Waals surface area contributed by atoms with Crippen LogP contribution in [0.15, 0.2) is 29.6 Å². The molecular formula is C17H18FN3O2S2. The van der Waals surface area contributed by atoms with Gasteiger partial charge in [-0.3, -0.25) is 9.69 Å². The maximum absolute atomic E-state index is 13.0. The number of rotatable bonds is 6. The summed E-state index contributed by atoms with van der Waals surface area (Å²) in [6, 6.07) is 5.94. The molecule has 1 aromatic heterocycles. The molecule has 0 atom stereocenters. The Kier molecular flexibility index (Phi) is 5.10. The molecule has 1 aromatic carbocycles. The number of benzene rings is 1. The third kappa shape index (κ3) is 4.01. The predicted octanol–water partition coefficient (Wildman–Crippen LogP) is 3.51. The molecule has 132 valence electrons. The van der Waals surface area contributed by atoms with Gasteiger partial charge in [-0.1, -0.05) is 0 Å². The van der Waals surface area contributed by atoms with Gasteiger partial charge in [0.05, 0.1) is 5.69 Å². The molecule has 25 heavy (non-hydrogen) atoms. The van der Waals surface area contributed by atoms with E-state index in [4.69, 9.17) is 0 Å². The molecule has 0 bridgehead atoms. The van der Waals surface area contributed by atoms with E-state index < -0.39 is 5.54 Å². The summed E-state index contributed by atoms with van der Waals surface area (Å²) >= 11 is 3.14. The summed E-state index contributed by atoms with van der Waals surface area (Å²) < 4.78 is 13.0. The lowest BCUT2D eigenvalue weighted by atomic mass is 10.1. The van der Waals surface area contributed by atoms with Crippen molar-refractivity contribution in [2.24, 2.45) is 0 Å². The van der Waals surface area contributed by atoms with Crippen LogP contribution in [0.2, 0.25) is 0 Å². The molecule has 3 rings (SSSR count).